The molecule has 0 bridgehead atoms. The van der Waals surface area contributed by atoms with E-state index in [2.05, 4.69) is 10.1 Å². The maximum absolute atomic E-state index is 11.1. The first-order chi connectivity index (χ1) is 9.65. The number of benzene rings is 1. The molecule has 0 aliphatic carbocycles. The molecule has 5 nitrogen and oxygen atoms in total. The molecule has 2 heterocycles. The molecule has 0 saturated carbocycles. The number of aromatic carboxylic acids is 1. The van der Waals surface area contributed by atoms with Crippen molar-refractivity contribution in [2.75, 3.05) is 0 Å². The Kier molecular flexibility index (Phi) is 2.95. The maximum Gasteiger partial charge on any atom is 0.337 e. The number of carboxylic acids is 1. The van der Waals surface area contributed by atoms with Gasteiger partial charge in [0, 0.05) is 5.39 Å². The molecule has 1 N–H and O–H groups in total. The average Bonchev–Trinajstić information content (AvgIpc) is 2.81. The lowest BCUT2D eigenvalue weighted by Gasteiger charge is -2.05. The molecule has 1 aromatic carbocycles. The van der Waals surface area contributed by atoms with Gasteiger partial charge in [0.05, 0.1) is 24.0 Å². The number of rotatable bonds is 3. The van der Waals surface area contributed by atoms with Crippen molar-refractivity contribution in [3.63, 3.8) is 0 Å². The summed E-state index contributed by atoms with van der Waals surface area (Å²) in [5.41, 5.74) is 2.55. The van der Waals surface area contributed by atoms with E-state index in [9.17, 15) is 4.79 Å². The molecule has 3 aromatic rings. The highest BCUT2D eigenvalue weighted by Crippen LogP contribution is 2.17. The lowest BCUT2D eigenvalue weighted by Crippen LogP contribution is -2.05. The van der Waals surface area contributed by atoms with E-state index in [1.165, 1.54) is 0 Å². The van der Waals surface area contributed by atoms with Gasteiger partial charge in [0.2, 0.25) is 0 Å². The monoisotopic (exact) mass is 267 g/mol. The Labute approximate surface area is 115 Å². The molecule has 3 rings (SSSR count). The van der Waals surface area contributed by atoms with Crippen molar-refractivity contribution >= 4 is 17.0 Å². The van der Waals surface area contributed by atoms with Gasteiger partial charge in [0.1, 0.15) is 0 Å². The number of pyridine rings is 1. The van der Waals surface area contributed by atoms with E-state index in [4.69, 9.17) is 5.11 Å². The summed E-state index contributed by atoms with van der Waals surface area (Å²) in [6.07, 6.45) is 1.65. The number of carboxylic acid groups (broad SMARTS) is 1. The Morgan fingerprint density at radius 2 is 2.05 bits per heavy atom. The number of aryl methyl sites for hydroxylation is 1. The van der Waals surface area contributed by atoms with Crippen LogP contribution in [0.15, 0.2) is 42.6 Å². The minimum absolute atomic E-state index is 0.219. The molecule has 0 atom stereocenters. The summed E-state index contributed by atoms with van der Waals surface area (Å²) in [6, 6.07) is 11.6. The van der Waals surface area contributed by atoms with Crippen LogP contribution in [0.25, 0.3) is 11.0 Å². The number of aromatic nitrogens is 3. The summed E-state index contributed by atoms with van der Waals surface area (Å²) in [5, 5.41) is 14.1. The van der Waals surface area contributed by atoms with Gasteiger partial charge < -0.3 is 5.11 Å². The Bertz CT molecular complexity index is 778. The van der Waals surface area contributed by atoms with Crippen LogP contribution in [-0.2, 0) is 6.54 Å². The first-order valence-corrected chi connectivity index (χ1v) is 6.25. The minimum atomic E-state index is -0.965. The van der Waals surface area contributed by atoms with Gasteiger partial charge in [-0.3, -0.25) is 0 Å². The van der Waals surface area contributed by atoms with Crippen LogP contribution in [-0.4, -0.2) is 25.8 Å². The van der Waals surface area contributed by atoms with Crippen molar-refractivity contribution in [2.45, 2.75) is 13.5 Å². The quantitative estimate of drug-likeness (QED) is 0.791. The normalized spacial score (nSPS) is 10.8. The summed E-state index contributed by atoms with van der Waals surface area (Å²) in [4.78, 5) is 15.5. The number of hydrogen-bond acceptors (Lipinski definition) is 3. The van der Waals surface area contributed by atoms with E-state index in [1.54, 1.807) is 23.9 Å². The third-order valence-corrected chi connectivity index (χ3v) is 3.21. The third kappa shape index (κ3) is 2.14. The highest BCUT2D eigenvalue weighted by Gasteiger charge is 2.13. The molecule has 0 unspecified atom stereocenters. The van der Waals surface area contributed by atoms with Crippen LogP contribution >= 0.6 is 0 Å². The summed E-state index contributed by atoms with van der Waals surface area (Å²) in [5.74, 6) is -0.965. The maximum atomic E-state index is 11.1. The van der Waals surface area contributed by atoms with Crippen molar-refractivity contribution in [2.24, 2.45) is 0 Å². The van der Waals surface area contributed by atoms with Gasteiger partial charge in [-0.15, -0.1) is 0 Å². The Balaban J connectivity index is 2.06. The van der Waals surface area contributed by atoms with Gasteiger partial charge in [-0.05, 0) is 18.6 Å². The van der Waals surface area contributed by atoms with Crippen LogP contribution in [0.1, 0.15) is 21.6 Å². The number of hydrogen-bond donors (Lipinski definition) is 1. The number of nitrogens with zero attached hydrogens (tertiary/aromatic N) is 3. The fourth-order valence-electron chi connectivity index (χ4n) is 2.19. The third-order valence-electron chi connectivity index (χ3n) is 3.21. The van der Waals surface area contributed by atoms with Crippen molar-refractivity contribution in [3.05, 3.63) is 59.4 Å². The van der Waals surface area contributed by atoms with Crippen molar-refractivity contribution in [3.8, 4) is 0 Å². The molecule has 0 amide bonds. The van der Waals surface area contributed by atoms with Gasteiger partial charge in [-0.25, -0.2) is 14.5 Å². The molecule has 100 valence electrons. The molecular weight excluding hydrogens is 254 g/mol. The highest BCUT2D eigenvalue weighted by atomic mass is 16.4. The lowest BCUT2D eigenvalue weighted by atomic mass is 10.2. The fourth-order valence-corrected chi connectivity index (χ4v) is 2.19. The van der Waals surface area contributed by atoms with Crippen molar-refractivity contribution in [1.82, 2.24) is 14.8 Å². The second-order valence-corrected chi connectivity index (χ2v) is 4.63. The lowest BCUT2D eigenvalue weighted by molar-refractivity contribution is 0.0696. The van der Waals surface area contributed by atoms with Gasteiger partial charge in [0.25, 0.3) is 0 Å². The van der Waals surface area contributed by atoms with E-state index in [-0.39, 0.29) is 5.56 Å². The molecule has 0 fully saturated rings. The predicted molar refractivity (Wildman–Crippen MR) is 74.8 cm³/mol. The number of fused-ring (bicyclic) bond motifs is 1. The molecule has 0 spiro atoms. The van der Waals surface area contributed by atoms with Crippen LogP contribution in [0.2, 0.25) is 0 Å². The Morgan fingerprint density at radius 3 is 2.75 bits per heavy atom. The molecule has 5 heteroatoms. The van der Waals surface area contributed by atoms with E-state index in [0.29, 0.717) is 17.9 Å². The molecule has 0 radical (unpaired) electrons. The van der Waals surface area contributed by atoms with E-state index < -0.39 is 5.97 Å². The van der Waals surface area contributed by atoms with Gasteiger partial charge in [-0.1, -0.05) is 30.3 Å². The first-order valence-electron chi connectivity index (χ1n) is 6.25. The molecule has 2 aromatic heterocycles. The average molecular weight is 267 g/mol. The van der Waals surface area contributed by atoms with Gasteiger partial charge in [0.15, 0.2) is 5.65 Å². The zero-order valence-electron chi connectivity index (χ0n) is 10.9. The predicted octanol–water partition coefficient (Wildman–Crippen LogP) is 2.49. The summed E-state index contributed by atoms with van der Waals surface area (Å²) in [6.45, 7) is 2.31. The largest absolute Gasteiger partial charge is 0.478 e. The SMILES string of the molecule is Cc1nc2c(cnn2Cc2ccccc2)cc1C(=O)O. The Morgan fingerprint density at radius 1 is 1.30 bits per heavy atom. The van der Waals surface area contributed by atoms with Crippen LogP contribution < -0.4 is 0 Å². The van der Waals surface area contributed by atoms with Crippen molar-refractivity contribution < 1.29 is 9.90 Å². The van der Waals surface area contributed by atoms with Gasteiger partial charge in [-0.2, -0.15) is 5.10 Å². The van der Waals surface area contributed by atoms with Crippen molar-refractivity contribution in [1.29, 1.82) is 0 Å². The highest BCUT2D eigenvalue weighted by molar-refractivity contribution is 5.93. The zero-order chi connectivity index (χ0) is 14.1. The molecule has 0 aliphatic rings. The Hall–Kier alpha value is -2.69. The zero-order valence-corrected chi connectivity index (χ0v) is 10.9. The minimum Gasteiger partial charge on any atom is -0.478 e. The van der Waals surface area contributed by atoms with E-state index in [1.807, 2.05) is 30.3 Å². The van der Waals surface area contributed by atoms with Crippen LogP contribution in [0.3, 0.4) is 0 Å². The summed E-state index contributed by atoms with van der Waals surface area (Å²) >= 11 is 0. The molecule has 0 aliphatic heterocycles. The van der Waals surface area contributed by atoms with E-state index >= 15 is 0 Å². The van der Waals surface area contributed by atoms with Gasteiger partial charge >= 0.3 is 5.97 Å². The smallest absolute Gasteiger partial charge is 0.337 e. The summed E-state index contributed by atoms with van der Waals surface area (Å²) in [7, 11) is 0. The second kappa shape index (κ2) is 4.77. The molecular formula is C15H13N3O2. The van der Waals surface area contributed by atoms with Crippen LogP contribution in [0.5, 0.6) is 0 Å². The van der Waals surface area contributed by atoms with E-state index in [0.717, 1.165) is 10.9 Å². The fraction of sp³-hybridized carbons (Fsp3) is 0.133. The number of carbonyl (C=O) groups is 1. The second-order valence-electron chi connectivity index (χ2n) is 4.63. The summed E-state index contributed by atoms with van der Waals surface area (Å²) < 4.78 is 1.78. The topological polar surface area (TPSA) is 68.0 Å². The van der Waals surface area contributed by atoms with Crippen LogP contribution in [0, 0.1) is 6.92 Å². The molecule has 0 saturated heterocycles. The molecule has 20 heavy (non-hydrogen) atoms. The first kappa shape index (κ1) is 12.3. The standard InChI is InChI=1S/C15H13N3O2/c1-10-13(15(19)20)7-12-8-16-18(14(12)17-10)9-11-5-3-2-4-6-11/h2-8H,9H2,1H3,(H,19,20). The van der Waals surface area contributed by atoms with Crippen LogP contribution in [0.4, 0.5) is 0 Å².